The van der Waals surface area contributed by atoms with Gasteiger partial charge < -0.3 is 19.9 Å². The van der Waals surface area contributed by atoms with E-state index in [1.165, 1.54) is 44.5 Å². The highest BCUT2D eigenvalue weighted by molar-refractivity contribution is 5.77. The summed E-state index contributed by atoms with van der Waals surface area (Å²) in [5.41, 5.74) is 2.91. The lowest BCUT2D eigenvalue weighted by atomic mass is 9.71. The van der Waals surface area contributed by atoms with E-state index < -0.39 is 0 Å². The van der Waals surface area contributed by atoms with Gasteiger partial charge in [0, 0.05) is 36.7 Å². The lowest BCUT2D eigenvalue weighted by Crippen LogP contribution is -2.46. The van der Waals surface area contributed by atoms with E-state index in [1.54, 1.807) is 27.7 Å². The average molecular weight is 569 g/mol. The Morgan fingerprint density at radius 2 is 1.74 bits per heavy atom. The molecule has 220 valence electrons. The Kier molecular flexibility index (Phi) is 7.72. The monoisotopic (exact) mass is 568 g/mol. The quantitative estimate of drug-likeness (QED) is 0.297. The Balaban J connectivity index is 1.22. The van der Waals surface area contributed by atoms with Crippen LogP contribution >= 0.6 is 0 Å². The van der Waals surface area contributed by atoms with E-state index >= 15 is 0 Å². The van der Waals surface area contributed by atoms with Gasteiger partial charge in [0.15, 0.2) is 11.5 Å². The summed E-state index contributed by atoms with van der Waals surface area (Å²) in [7, 11) is 2.23. The van der Waals surface area contributed by atoms with Gasteiger partial charge in [0.2, 0.25) is 11.8 Å². The van der Waals surface area contributed by atoms with Crippen LogP contribution in [0.5, 0.6) is 5.88 Å². The van der Waals surface area contributed by atoms with E-state index in [0.717, 1.165) is 18.8 Å². The van der Waals surface area contributed by atoms with Gasteiger partial charge in [-0.25, -0.2) is 14.3 Å². The Labute approximate surface area is 246 Å². The zero-order chi connectivity index (χ0) is 29.3. The van der Waals surface area contributed by atoms with Crippen molar-refractivity contribution in [1.82, 2.24) is 29.2 Å². The zero-order valence-electron chi connectivity index (χ0n) is 24.8. The van der Waals surface area contributed by atoms with Gasteiger partial charge in [-0.1, -0.05) is 12.1 Å². The number of rotatable bonds is 8. The molecule has 3 aromatic heterocycles. The van der Waals surface area contributed by atoms with E-state index in [9.17, 15) is 4.79 Å². The fourth-order valence-electron chi connectivity index (χ4n) is 6.15. The molecule has 4 aromatic rings. The molecule has 2 fully saturated rings. The molecule has 2 saturated heterocycles. The lowest BCUT2D eigenvalue weighted by molar-refractivity contribution is 0.0945. The predicted octanol–water partition coefficient (Wildman–Crippen LogP) is 5.01. The van der Waals surface area contributed by atoms with Crippen molar-refractivity contribution in [1.29, 1.82) is 0 Å². The molecule has 0 amide bonds. The van der Waals surface area contributed by atoms with Crippen LogP contribution in [-0.4, -0.2) is 68.5 Å². The Hall–Kier alpha value is -4.18. The molecule has 10 nitrogen and oxygen atoms in total. The molecule has 42 heavy (non-hydrogen) atoms. The number of likely N-dealkylation sites (tertiary alicyclic amines) is 1. The molecule has 5 heterocycles. The van der Waals surface area contributed by atoms with E-state index in [2.05, 4.69) is 63.0 Å². The number of hydrogen-bond acceptors (Lipinski definition) is 8. The minimum absolute atomic E-state index is 0.0280. The first-order chi connectivity index (χ1) is 20.3. The van der Waals surface area contributed by atoms with E-state index in [-0.39, 0.29) is 11.7 Å². The third kappa shape index (κ3) is 5.63. The first-order valence-corrected chi connectivity index (χ1v) is 14.9. The van der Waals surface area contributed by atoms with Crippen LogP contribution in [0.4, 0.5) is 17.3 Å². The Morgan fingerprint density at radius 1 is 1.02 bits per heavy atom. The number of benzene rings is 1. The molecule has 2 aliphatic rings. The number of piperidine rings is 2. The number of pyridine rings is 1. The highest BCUT2D eigenvalue weighted by atomic mass is 16.5. The molecular formula is C32H40N8O2. The van der Waals surface area contributed by atoms with Gasteiger partial charge in [-0.3, -0.25) is 4.79 Å². The van der Waals surface area contributed by atoms with Crippen molar-refractivity contribution in [2.45, 2.75) is 52.2 Å². The molecule has 0 unspecified atom stereocenters. The highest BCUT2D eigenvalue weighted by Crippen LogP contribution is 2.42. The number of anilines is 3. The third-order valence-corrected chi connectivity index (χ3v) is 8.62. The van der Waals surface area contributed by atoms with Crippen molar-refractivity contribution in [3.63, 3.8) is 0 Å². The van der Waals surface area contributed by atoms with Crippen molar-refractivity contribution < 1.29 is 4.74 Å². The van der Waals surface area contributed by atoms with Gasteiger partial charge in [0.25, 0.3) is 5.56 Å². The smallest absolute Gasteiger partial charge is 0.278 e. The van der Waals surface area contributed by atoms with Crippen molar-refractivity contribution in [3.05, 3.63) is 71.7 Å². The maximum atomic E-state index is 13.3. The molecule has 1 spiro atoms. The SMILES string of the molecule is C=CCn1c(=O)c2cnc(Nc3ccc(N4CCC5(CCN(C)CC5)CC4)cc3)nc2n1-c1cccc(OC(C)C)n1. The topological polar surface area (TPSA) is 93.3 Å². The number of hydrogen-bond donors (Lipinski definition) is 1. The molecule has 0 radical (unpaired) electrons. The van der Waals surface area contributed by atoms with Crippen LogP contribution < -0.4 is 20.5 Å². The van der Waals surface area contributed by atoms with Gasteiger partial charge in [-0.05, 0) is 95.4 Å². The number of nitrogens with zero attached hydrogens (tertiary/aromatic N) is 7. The summed E-state index contributed by atoms with van der Waals surface area (Å²) in [4.78, 5) is 32.1. The number of allylic oxidation sites excluding steroid dienone is 1. The van der Waals surface area contributed by atoms with Gasteiger partial charge in [0.05, 0.1) is 12.6 Å². The molecule has 2 aliphatic heterocycles. The second kappa shape index (κ2) is 11.6. The van der Waals surface area contributed by atoms with Crippen LogP contribution in [0.15, 0.2) is 66.1 Å². The van der Waals surface area contributed by atoms with Gasteiger partial charge >= 0.3 is 0 Å². The molecule has 0 atom stereocenters. The van der Waals surface area contributed by atoms with Crippen LogP contribution in [0.3, 0.4) is 0 Å². The fourth-order valence-corrected chi connectivity index (χ4v) is 6.15. The minimum atomic E-state index is -0.207. The van der Waals surface area contributed by atoms with Crippen molar-refractivity contribution in [2.75, 3.05) is 43.4 Å². The minimum Gasteiger partial charge on any atom is -0.475 e. The van der Waals surface area contributed by atoms with Gasteiger partial charge in [0.1, 0.15) is 5.39 Å². The van der Waals surface area contributed by atoms with Crippen LogP contribution in [0.1, 0.15) is 39.5 Å². The summed E-state index contributed by atoms with van der Waals surface area (Å²) in [6, 6.07) is 13.9. The maximum Gasteiger partial charge on any atom is 0.278 e. The molecular weight excluding hydrogens is 528 g/mol. The van der Waals surface area contributed by atoms with Gasteiger partial charge in [-0.15, -0.1) is 6.58 Å². The van der Waals surface area contributed by atoms with Crippen molar-refractivity contribution in [3.8, 4) is 11.7 Å². The van der Waals surface area contributed by atoms with E-state index in [0.29, 0.717) is 40.6 Å². The largest absolute Gasteiger partial charge is 0.475 e. The summed E-state index contributed by atoms with van der Waals surface area (Å²) in [5.74, 6) is 1.40. The number of nitrogens with one attached hydrogen (secondary N) is 1. The summed E-state index contributed by atoms with van der Waals surface area (Å²) in [6.07, 6.45) is 8.39. The third-order valence-electron chi connectivity index (χ3n) is 8.62. The normalized spacial score (nSPS) is 17.2. The first-order valence-electron chi connectivity index (χ1n) is 14.9. The predicted molar refractivity (Wildman–Crippen MR) is 167 cm³/mol. The van der Waals surface area contributed by atoms with Crippen LogP contribution in [0.2, 0.25) is 0 Å². The summed E-state index contributed by atoms with van der Waals surface area (Å²) < 4.78 is 9.06. The Morgan fingerprint density at radius 3 is 2.43 bits per heavy atom. The molecule has 0 bridgehead atoms. The molecule has 0 aliphatic carbocycles. The fraction of sp³-hybridized carbons (Fsp3) is 0.438. The Bertz CT molecular complexity index is 1610. The molecule has 6 rings (SSSR count). The van der Waals surface area contributed by atoms with E-state index in [4.69, 9.17) is 9.72 Å². The van der Waals surface area contributed by atoms with Crippen LogP contribution in [0.25, 0.3) is 16.9 Å². The molecule has 10 heteroatoms. The van der Waals surface area contributed by atoms with Gasteiger partial charge in [-0.2, -0.15) is 9.97 Å². The summed E-state index contributed by atoms with van der Waals surface area (Å²) >= 11 is 0. The van der Waals surface area contributed by atoms with Crippen molar-refractivity contribution in [2.24, 2.45) is 5.41 Å². The second-order valence-electron chi connectivity index (χ2n) is 11.9. The standard InChI is InChI=1S/C32H40N8O2/c1-5-17-39-30(41)26-22-33-31(36-29(26)40(39)27-7-6-8-28(35-27)42-23(2)3)34-24-9-11-25(12-10-24)38-20-15-32(16-21-38)13-18-37(4)19-14-32/h5-12,22-23H,1,13-21H2,2-4H3,(H,33,34,36). The summed E-state index contributed by atoms with van der Waals surface area (Å²) in [5, 5.41) is 3.72. The number of ether oxygens (including phenoxy) is 1. The number of fused-ring (bicyclic) bond motifs is 1. The first kappa shape index (κ1) is 28.0. The van der Waals surface area contributed by atoms with E-state index in [1.807, 2.05) is 26.0 Å². The maximum absolute atomic E-state index is 13.3. The molecule has 1 N–H and O–H groups in total. The van der Waals surface area contributed by atoms with Crippen LogP contribution in [-0.2, 0) is 6.54 Å². The number of aromatic nitrogens is 5. The second-order valence-corrected chi connectivity index (χ2v) is 11.9. The van der Waals surface area contributed by atoms with Crippen molar-refractivity contribution >= 4 is 28.4 Å². The lowest BCUT2D eigenvalue weighted by Gasteiger charge is -2.46. The summed E-state index contributed by atoms with van der Waals surface area (Å²) in [6.45, 7) is 12.7. The zero-order valence-corrected chi connectivity index (χ0v) is 24.8. The van der Waals surface area contributed by atoms with Crippen LogP contribution in [0, 0.1) is 5.41 Å². The average Bonchev–Trinajstić information content (AvgIpc) is 3.26. The molecule has 1 aromatic carbocycles. The highest BCUT2D eigenvalue weighted by Gasteiger charge is 2.36. The molecule has 0 saturated carbocycles.